The summed E-state index contributed by atoms with van der Waals surface area (Å²) in [6, 6.07) is 8.63. The summed E-state index contributed by atoms with van der Waals surface area (Å²) in [7, 11) is 0. The molecule has 1 amide bonds. The van der Waals surface area contributed by atoms with Crippen molar-refractivity contribution in [2.45, 2.75) is 19.4 Å². The van der Waals surface area contributed by atoms with Gasteiger partial charge >= 0.3 is 5.97 Å². The van der Waals surface area contributed by atoms with Crippen molar-refractivity contribution in [3.8, 4) is 0 Å². The molecule has 1 atom stereocenters. The summed E-state index contributed by atoms with van der Waals surface area (Å²) in [4.78, 5) is 33.5. The van der Waals surface area contributed by atoms with E-state index in [0.717, 1.165) is 5.56 Å². The zero-order valence-corrected chi connectivity index (χ0v) is 11.3. The Morgan fingerprint density at radius 1 is 1.25 bits per heavy atom. The Kier molecular flexibility index (Phi) is 6.39. The number of nitrogens with one attached hydrogen (secondary N) is 1. The summed E-state index contributed by atoms with van der Waals surface area (Å²) >= 11 is 0. The van der Waals surface area contributed by atoms with E-state index in [9.17, 15) is 14.4 Å². The lowest BCUT2D eigenvalue weighted by molar-refractivity contribution is -0.145. The van der Waals surface area contributed by atoms with Gasteiger partial charge in [-0.05, 0) is 12.0 Å². The van der Waals surface area contributed by atoms with Crippen LogP contribution in [0.1, 0.15) is 12.5 Å². The maximum Gasteiger partial charge on any atom is 0.303 e. The van der Waals surface area contributed by atoms with E-state index in [-0.39, 0.29) is 18.9 Å². The molecule has 0 aliphatic carbocycles. The van der Waals surface area contributed by atoms with Crippen LogP contribution >= 0.6 is 0 Å². The highest BCUT2D eigenvalue weighted by Crippen LogP contribution is 2.01. The first kappa shape index (κ1) is 15.8. The molecule has 6 nitrogen and oxygen atoms in total. The van der Waals surface area contributed by atoms with E-state index in [2.05, 4.69) is 10.1 Å². The van der Waals surface area contributed by atoms with Crippen molar-refractivity contribution in [3.63, 3.8) is 0 Å². The van der Waals surface area contributed by atoms with E-state index in [0.29, 0.717) is 6.42 Å². The minimum absolute atomic E-state index is 0.200. The molecule has 0 fully saturated rings. The van der Waals surface area contributed by atoms with Crippen molar-refractivity contribution in [1.29, 1.82) is 0 Å². The molecule has 0 unspecified atom stereocenters. The molecule has 0 bridgehead atoms. The van der Waals surface area contributed by atoms with Crippen LogP contribution in [-0.4, -0.2) is 36.9 Å². The molecule has 0 aromatic heterocycles. The van der Waals surface area contributed by atoms with E-state index in [4.69, 9.17) is 5.73 Å². The molecule has 0 saturated heterocycles. The monoisotopic (exact) mass is 278 g/mol. The van der Waals surface area contributed by atoms with Crippen molar-refractivity contribution in [2.24, 2.45) is 5.73 Å². The van der Waals surface area contributed by atoms with Crippen LogP contribution < -0.4 is 11.1 Å². The molecule has 20 heavy (non-hydrogen) atoms. The number of carbonyl (C=O) groups excluding carboxylic acids is 3. The third-order valence-electron chi connectivity index (χ3n) is 2.53. The Hall–Kier alpha value is -2.21. The van der Waals surface area contributed by atoms with Gasteiger partial charge in [-0.3, -0.25) is 14.4 Å². The highest BCUT2D eigenvalue weighted by Gasteiger charge is 2.15. The molecule has 108 valence electrons. The van der Waals surface area contributed by atoms with Gasteiger partial charge in [0.25, 0.3) is 0 Å². The normalized spacial score (nSPS) is 11.5. The fourth-order valence-corrected chi connectivity index (χ4v) is 1.51. The first-order valence-electron chi connectivity index (χ1n) is 6.21. The number of benzene rings is 1. The zero-order valence-electron chi connectivity index (χ0n) is 11.3. The third-order valence-corrected chi connectivity index (χ3v) is 2.53. The van der Waals surface area contributed by atoms with E-state index >= 15 is 0 Å². The number of nitrogens with two attached hydrogens (primary N) is 1. The maximum atomic E-state index is 11.7. The van der Waals surface area contributed by atoms with Gasteiger partial charge in [-0.15, -0.1) is 0 Å². The number of esters is 1. The van der Waals surface area contributed by atoms with Crippen LogP contribution in [0, 0.1) is 0 Å². The molecule has 0 aliphatic rings. The van der Waals surface area contributed by atoms with E-state index in [1.807, 2.05) is 30.3 Å². The van der Waals surface area contributed by atoms with Gasteiger partial charge in [-0.2, -0.15) is 0 Å². The average Bonchev–Trinajstić information content (AvgIpc) is 2.43. The number of amides is 1. The van der Waals surface area contributed by atoms with Crippen molar-refractivity contribution in [3.05, 3.63) is 35.9 Å². The number of ether oxygens (including phenoxy) is 1. The standard InChI is InChI=1S/C14H18N2O4/c1-10(17)20-9-12(18)8-16-14(19)13(15)7-11-5-3-2-4-6-11/h2-6,13H,7-9,15H2,1H3,(H,16,19)/t13-/m0/s1. The second kappa shape index (κ2) is 8.06. The number of carbonyl (C=O) groups is 3. The van der Waals surface area contributed by atoms with Gasteiger partial charge in [0.05, 0.1) is 12.6 Å². The SMILES string of the molecule is CC(=O)OCC(=O)CNC(=O)[C@@H](N)Cc1ccccc1. The molecule has 3 N–H and O–H groups in total. The lowest BCUT2D eigenvalue weighted by Crippen LogP contribution is -2.44. The highest BCUT2D eigenvalue weighted by molar-refractivity contribution is 5.89. The number of hydrogen-bond donors (Lipinski definition) is 2. The summed E-state index contributed by atoms with van der Waals surface area (Å²) in [6.07, 6.45) is 0.394. The van der Waals surface area contributed by atoms with Crippen LogP contribution in [0.5, 0.6) is 0 Å². The third kappa shape index (κ3) is 6.10. The smallest absolute Gasteiger partial charge is 0.303 e. The molecule has 0 aliphatic heterocycles. The molecule has 1 aromatic carbocycles. The number of hydrogen-bond acceptors (Lipinski definition) is 5. The van der Waals surface area contributed by atoms with E-state index in [1.54, 1.807) is 0 Å². The second-order valence-corrected chi connectivity index (χ2v) is 4.33. The Morgan fingerprint density at radius 2 is 1.90 bits per heavy atom. The van der Waals surface area contributed by atoms with Crippen LogP contribution in [0.3, 0.4) is 0 Å². The summed E-state index contributed by atoms with van der Waals surface area (Å²) in [5.41, 5.74) is 6.69. The Morgan fingerprint density at radius 3 is 2.50 bits per heavy atom. The Labute approximate surface area is 117 Å². The van der Waals surface area contributed by atoms with Crippen molar-refractivity contribution in [1.82, 2.24) is 5.32 Å². The van der Waals surface area contributed by atoms with Gasteiger partial charge in [0.1, 0.15) is 0 Å². The van der Waals surface area contributed by atoms with Crippen LogP contribution in [-0.2, 0) is 25.5 Å². The summed E-state index contributed by atoms with van der Waals surface area (Å²) in [5.74, 6) is -1.34. The summed E-state index contributed by atoms with van der Waals surface area (Å²) in [5, 5.41) is 2.42. The predicted octanol–water partition coefficient (Wildman–Crippen LogP) is -0.195. The minimum Gasteiger partial charge on any atom is -0.458 e. The summed E-state index contributed by atoms with van der Waals surface area (Å²) < 4.78 is 4.52. The van der Waals surface area contributed by atoms with Gasteiger partial charge < -0.3 is 15.8 Å². The van der Waals surface area contributed by atoms with Gasteiger partial charge in [0.2, 0.25) is 5.91 Å². The van der Waals surface area contributed by atoms with Gasteiger partial charge in [-0.1, -0.05) is 30.3 Å². The van der Waals surface area contributed by atoms with Crippen LogP contribution in [0.25, 0.3) is 0 Å². The van der Waals surface area contributed by atoms with Crippen molar-refractivity contribution < 1.29 is 19.1 Å². The Balaban J connectivity index is 2.31. The average molecular weight is 278 g/mol. The Bertz CT molecular complexity index is 473. The largest absolute Gasteiger partial charge is 0.458 e. The fraction of sp³-hybridized carbons (Fsp3) is 0.357. The molecule has 1 rings (SSSR count). The first-order valence-corrected chi connectivity index (χ1v) is 6.21. The molecule has 0 saturated carbocycles. The quantitative estimate of drug-likeness (QED) is 0.673. The highest BCUT2D eigenvalue weighted by atomic mass is 16.5. The predicted molar refractivity (Wildman–Crippen MR) is 72.8 cm³/mol. The van der Waals surface area contributed by atoms with Crippen LogP contribution in [0.2, 0.25) is 0 Å². The molecular formula is C14H18N2O4. The fourth-order valence-electron chi connectivity index (χ4n) is 1.51. The lowest BCUT2D eigenvalue weighted by atomic mass is 10.1. The number of rotatable bonds is 7. The van der Waals surface area contributed by atoms with Crippen LogP contribution in [0.15, 0.2) is 30.3 Å². The molecular weight excluding hydrogens is 260 g/mol. The van der Waals surface area contributed by atoms with Crippen LogP contribution in [0.4, 0.5) is 0 Å². The lowest BCUT2D eigenvalue weighted by Gasteiger charge is -2.11. The van der Waals surface area contributed by atoms with Gasteiger partial charge in [-0.25, -0.2) is 0 Å². The first-order chi connectivity index (χ1) is 9.49. The molecule has 0 radical (unpaired) electrons. The molecule has 0 spiro atoms. The molecule has 0 heterocycles. The van der Waals surface area contributed by atoms with Gasteiger partial charge in [0.15, 0.2) is 12.4 Å². The number of ketones is 1. The summed E-state index contributed by atoms with van der Waals surface area (Å²) in [6.45, 7) is 0.666. The molecule has 6 heteroatoms. The maximum absolute atomic E-state index is 11.7. The minimum atomic E-state index is -0.723. The second-order valence-electron chi connectivity index (χ2n) is 4.33. The van der Waals surface area contributed by atoms with Crippen molar-refractivity contribution >= 4 is 17.7 Å². The zero-order chi connectivity index (χ0) is 15.0. The van der Waals surface area contributed by atoms with Crippen molar-refractivity contribution in [2.75, 3.05) is 13.2 Å². The molecule has 1 aromatic rings. The number of Topliss-reactive ketones (excluding diaryl/α,β-unsaturated/α-hetero) is 1. The van der Waals surface area contributed by atoms with Gasteiger partial charge in [0, 0.05) is 6.92 Å². The van der Waals surface area contributed by atoms with E-state index in [1.165, 1.54) is 6.92 Å². The van der Waals surface area contributed by atoms with E-state index < -0.39 is 17.9 Å². The topological polar surface area (TPSA) is 98.5 Å².